The number of nitrogens with zero attached hydrogens (tertiary/aromatic N) is 2. The van der Waals surface area contributed by atoms with Crippen molar-refractivity contribution in [2.24, 2.45) is 0 Å². The van der Waals surface area contributed by atoms with E-state index in [2.05, 4.69) is 15.5 Å². The summed E-state index contributed by atoms with van der Waals surface area (Å²) in [5.74, 6) is 0.300. The Bertz CT molecular complexity index is 835. The van der Waals surface area contributed by atoms with Crippen LogP contribution in [-0.2, 0) is 4.79 Å². The molecule has 3 aromatic rings. The van der Waals surface area contributed by atoms with Gasteiger partial charge in [-0.3, -0.25) is 10.1 Å². The quantitative estimate of drug-likeness (QED) is 0.646. The van der Waals surface area contributed by atoms with Gasteiger partial charge in [-0.05, 0) is 48.5 Å². The summed E-state index contributed by atoms with van der Waals surface area (Å²) in [6.45, 7) is 0. The molecule has 3 rings (SSSR count). The number of carbonyl (C=O) groups excluding carboxylic acids is 1. The van der Waals surface area contributed by atoms with E-state index in [1.54, 1.807) is 36.4 Å². The third-order valence-electron chi connectivity index (χ3n) is 2.95. The number of anilines is 1. The fraction of sp³-hybridized carbons (Fsp3) is 0.0625. The van der Waals surface area contributed by atoms with Crippen LogP contribution < -0.4 is 5.32 Å². The van der Waals surface area contributed by atoms with Crippen molar-refractivity contribution >= 4 is 46.9 Å². The van der Waals surface area contributed by atoms with Crippen LogP contribution >= 0.6 is 35.0 Å². The zero-order valence-corrected chi connectivity index (χ0v) is 14.5. The van der Waals surface area contributed by atoms with Crippen molar-refractivity contribution in [2.75, 3.05) is 11.1 Å². The van der Waals surface area contributed by atoms with Gasteiger partial charge in [-0.25, -0.2) is 0 Å². The highest BCUT2D eigenvalue weighted by molar-refractivity contribution is 8.00. The molecular formula is C16H11Cl2N3O2S. The van der Waals surface area contributed by atoms with Gasteiger partial charge < -0.3 is 4.42 Å². The second-order valence-corrected chi connectivity index (χ2v) is 6.63. The molecule has 0 radical (unpaired) electrons. The Morgan fingerprint density at radius 2 is 1.62 bits per heavy atom. The Kier molecular flexibility index (Phi) is 5.40. The standard InChI is InChI=1S/C16H11Cl2N3O2S/c17-11-3-1-10(2-4-11)15-20-21-16(23-15)19-14(22)9-24-13-7-5-12(18)6-8-13/h1-8H,9H2,(H,19,21,22). The Hall–Kier alpha value is -2.02. The fourth-order valence-electron chi connectivity index (χ4n) is 1.82. The van der Waals surface area contributed by atoms with Gasteiger partial charge in [0.15, 0.2) is 0 Å². The monoisotopic (exact) mass is 379 g/mol. The predicted octanol–water partition coefficient (Wildman–Crippen LogP) is 4.77. The second kappa shape index (κ2) is 7.70. The van der Waals surface area contributed by atoms with E-state index >= 15 is 0 Å². The topological polar surface area (TPSA) is 68.0 Å². The summed E-state index contributed by atoms with van der Waals surface area (Å²) in [4.78, 5) is 12.9. The van der Waals surface area contributed by atoms with E-state index < -0.39 is 0 Å². The van der Waals surface area contributed by atoms with Crippen LogP contribution in [0.2, 0.25) is 10.0 Å². The molecule has 0 atom stereocenters. The lowest BCUT2D eigenvalue weighted by Gasteiger charge is -2.01. The fourth-order valence-corrected chi connectivity index (χ4v) is 2.77. The summed E-state index contributed by atoms with van der Waals surface area (Å²) < 4.78 is 5.42. The third-order valence-corrected chi connectivity index (χ3v) is 4.46. The van der Waals surface area contributed by atoms with E-state index in [-0.39, 0.29) is 17.7 Å². The minimum Gasteiger partial charge on any atom is -0.403 e. The number of benzene rings is 2. The normalized spacial score (nSPS) is 10.6. The van der Waals surface area contributed by atoms with Crippen LogP contribution in [0, 0.1) is 0 Å². The van der Waals surface area contributed by atoms with E-state index in [0.29, 0.717) is 15.9 Å². The first-order valence-electron chi connectivity index (χ1n) is 6.88. The van der Waals surface area contributed by atoms with Crippen LogP contribution in [0.1, 0.15) is 0 Å². The highest BCUT2D eigenvalue weighted by Crippen LogP contribution is 2.23. The zero-order valence-electron chi connectivity index (χ0n) is 12.2. The summed E-state index contributed by atoms with van der Waals surface area (Å²) in [6.07, 6.45) is 0. The van der Waals surface area contributed by atoms with Gasteiger partial charge in [0.2, 0.25) is 11.8 Å². The summed E-state index contributed by atoms with van der Waals surface area (Å²) >= 11 is 13.0. The van der Waals surface area contributed by atoms with Crippen LogP contribution in [0.5, 0.6) is 0 Å². The Balaban J connectivity index is 1.57. The number of carbonyl (C=O) groups is 1. The van der Waals surface area contributed by atoms with Crippen molar-refractivity contribution in [3.63, 3.8) is 0 Å². The molecule has 8 heteroatoms. The van der Waals surface area contributed by atoms with E-state index in [4.69, 9.17) is 27.6 Å². The molecule has 1 amide bonds. The van der Waals surface area contributed by atoms with Crippen molar-refractivity contribution in [3.8, 4) is 11.5 Å². The SMILES string of the molecule is O=C(CSc1ccc(Cl)cc1)Nc1nnc(-c2ccc(Cl)cc2)o1. The van der Waals surface area contributed by atoms with E-state index in [1.165, 1.54) is 11.8 Å². The number of hydrogen-bond acceptors (Lipinski definition) is 5. The van der Waals surface area contributed by atoms with Crippen molar-refractivity contribution < 1.29 is 9.21 Å². The number of rotatable bonds is 5. The molecule has 1 N–H and O–H groups in total. The molecule has 1 heterocycles. The molecule has 0 saturated carbocycles. The van der Waals surface area contributed by atoms with Crippen molar-refractivity contribution in [2.45, 2.75) is 4.90 Å². The van der Waals surface area contributed by atoms with E-state index in [1.807, 2.05) is 12.1 Å². The van der Waals surface area contributed by atoms with Gasteiger partial charge >= 0.3 is 6.01 Å². The van der Waals surface area contributed by atoms with Gasteiger partial charge in [-0.15, -0.1) is 16.9 Å². The number of nitrogens with one attached hydrogen (secondary N) is 1. The number of thioether (sulfide) groups is 1. The Morgan fingerprint density at radius 3 is 2.29 bits per heavy atom. The highest BCUT2D eigenvalue weighted by Gasteiger charge is 2.11. The smallest absolute Gasteiger partial charge is 0.322 e. The number of aromatic nitrogens is 2. The molecule has 0 spiro atoms. The van der Waals surface area contributed by atoms with Crippen molar-refractivity contribution in [1.29, 1.82) is 0 Å². The van der Waals surface area contributed by atoms with Gasteiger partial charge in [-0.2, -0.15) is 0 Å². The molecule has 1 aromatic heterocycles. The molecule has 0 bridgehead atoms. The van der Waals surface area contributed by atoms with Crippen molar-refractivity contribution in [3.05, 3.63) is 58.6 Å². The molecule has 0 fully saturated rings. The van der Waals surface area contributed by atoms with E-state index in [0.717, 1.165) is 10.5 Å². The molecular weight excluding hydrogens is 369 g/mol. The van der Waals surface area contributed by atoms with Crippen LogP contribution in [0.25, 0.3) is 11.5 Å². The van der Waals surface area contributed by atoms with Gasteiger partial charge in [0.05, 0.1) is 5.75 Å². The predicted molar refractivity (Wildman–Crippen MR) is 95.5 cm³/mol. The number of hydrogen-bond donors (Lipinski definition) is 1. The van der Waals surface area contributed by atoms with Crippen molar-refractivity contribution in [1.82, 2.24) is 10.2 Å². The molecule has 122 valence electrons. The first kappa shape index (κ1) is 16.8. The maximum Gasteiger partial charge on any atom is 0.322 e. The summed E-state index contributed by atoms with van der Waals surface area (Å²) in [7, 11) is 0. The largest absolute Gasteiger partial charge is 0.403 e. The van der Waals surface area contributed by atoms with Gasteiger partial charge in [0.25, 0.3) is 0 Å². The molecule has 0 aliphatic carbocycles. The number of halogens is 2. The Morgan fingerprint density at radius 1 is 1.00 bits per heavy atom. The Labute approximate surface area is 152 Å². The first-order valence-corrected chi connectivity index (χ1v) is 8.62. The second-order valence-electron chi connectivity index (χ2n) is 4.71. The average molecular weight is 380 g/mol. The lowest BCUT2D eigenvalue weighted by molar-refractivity contribution is -0.113. The molecule has 0 aliphatic rings. The highest BCUT2D eigenvalue weighted by atomic mass is 35.5. The minimum atomic E-state index is -0.235. The molecule has 0 saturated heterocycles. The molecule has 24 heavy (non-hydrogen) atoms. The summed E-state index contributed by atoms with van der Waals surface area (Å²) in [5.41, 5.74) is 0.725. The molecule has 2 aromatic carbocycles. The summed E-state index contributed by atoms with van der Waals surface area (Å²) in [6, 6.07) is 14.3. The first-order chi connectivity index (χ1) is 11.6. The number of amides is 1. The third kappa shape index (κ3) is 4.50. The van der Waals surface area contributed by atoms with Crippen LogP contribution in [-0.4, -0.2) is 21.9 Å². The van der Waals surface area contributed by atoms with E-state index in [9.17, 15) is 4.79 Å². The maximum atomic E-state index is 11.9. The maximum absolute atomic E-state index is 11.9. The molecule has 0 aliphatic heterocycles. The lowest BCUT2D eigenvalue weighted by atomic mass is 10.2. The zero-order chi connectivity index (χ0) is 16.9. The van der Waals surface area contributed by atoms with Gasteiger partial charge in [0.1, 0.15) is 0 Å². The average Bonchev–Trinajstić information content (AvgIpc) is 3.03. The van der Waals surface area contributed by atoms with Crippen LogP contribution in [0.4, 0.5) is 6.01 Å². The van der Waals surface area contributed by atoms with Gasteiger partial charge in [-0.1, -0.05) is 28.3 Å². The molecule has 0 unspecified atom stereocenters. The van der Waals surface area contributed by atoms with Crippen LogP contribution in [0.3, 0.4) is 0 Å². The minimum absolute atomic E-state index is 0.0571. The summed E-state index contributed by atoms with van der Waals surface area (Å²) in [5, 5.41) is 11.6. The molecule has 5 nitrogen and oxygen atoms in total. The van der Waals surface area contributed by atoms with Crippen LogP contribution in [0.15, 0.2) is 57.8 Å². The lowest BCUT2D eigenvalue weighted by Crippen LogP contribution is -2.14. The van der Waals surface area contributed by atoms with Gasteiger partial charge in [0, 0.05) is 20.5 Å².